The van der Waals surface area contributed by atoms with Crippen LogP contribution >= 0.6 is 0 Å². The highest BCUT2D eigenvalue weighted by molar-refractivity contribution is 5.99. The molecule has 0 unspecified atom stereocenters. The first-order valence-electron chi connectivity index (χ1n) is 13.2. The van der Waals surface area contributed by atoms with Gasteiger partial charge < -0.3 is 28.3 Å². The second kappa shape index (κ2) is 10.6. The van der Waals surface area contributed by atoms with E-state index in [1.807, 2.05) is 18.2 Å². The van der Waals surface area contributed by atoms with Crippen LogP contribution in [-0.2, 0) is 6.54 Å². The summed E-state index contributed by atoms with van der Waals surface area (Å²) in [5.41, 5.74) is 1.26. The molecule has 1 atom stereocenters. The molecule has 0 N–H and O–H groups in total. The van der Waals surface area contributed by atoms with Gasteiger partial charge >= 0.3 is 0 Å². The molecular formula is C31H28FNO7. The zero-order valence-corrected chi connectivity index (χ0v) is 22.2. The second-order valence-corrected chi connectivity index (χ2v) is 9.80. The number of hydrogen-bond donors (Lipinski definition) is 0. The van der Waals surface area contributed by atoms with E-state index < -0.39 is 23.2 Å². The zero-order chi connectivity index (χ0) is 27.8. The third-order valence-electron chi connectivity index (χ3n) is 7.23. The maximum absolute atomic E-state index is 14.1. The Morgan fingerprint density at radius 2 is 1.82 bits per heavy atom. The Bertz CT molecular complexity index is 1660. The molecule has 0 aliphatic carbocycles. The SMILES string of the molecule is CCCCCOc1ccc([C@@H]2c3c(oc4ccc(F)cc4c3=O)C(=O)N2Cc2ccc3c(c2)OCO3)cc1OC. The Hall–Kier alpha value is -4.53. The van der Waals surface area contributed by atoms with Crippen molar-refractivity contribution < 1.29 is 32.5 Å². The van der Waals surface area contributed by atoms with Gasteiger partial charge in [0.1, 0.15) is 11.4 Å². The molecule has 9 heteroatoms. The minimum Gasteiger partial charge on any atom is -0.493 e. The van der Waals surface area contributed by atoms with E-state index in [0.717, 1.165) is 30.9 Å². The minimum absolute atomic E-state index is 0.0614. The Morgan fingerprint density at radius 3 is 2.65 bits per heavy atom. The van der Waals surface area contributed by atoms with E-state index in [1.165, 1.54) is 12.1 Å². The van der Waals surface area contributed by atoms with E-state index in [2.05, 4.69) is 6.92 Å². The standard InChI is InChI=1S/C31H28FNO7/c1-3-4-5-12-37-23-10-7-19(14-25(23)36-2)28-27-29(34)21-15-20(32)8-11-22(21)40-30(27)31(35)33(28)16-18-6-9-24-26(13-18)39-17-38-24/h6-11,13-15,28H,3-5,12,16-17H2,1-2H3/t28-/m1/s1. The fourth-order valence-corrected chi connectivity index (χ4v) is 5.25. The molecule has 0 radical (unpaired) electrons. The van der Waals surface area contributed by atoms with E-state index in [9.17, 15) is 14.0 Å². The van der Waals surface area contributed by atoms with Crippen molar-refractivity contribution >= 4 is 16.9 Å². The molecule has 206 valence electrons. The molecule has 0 bridgehead atoms. The first-order valence-corrected chi connectivity index (χ1v) is 13.2. The molecule has 1 amide bonds. The van der Waals surface area contributed by atoms with Crippen molar-refractivity contribution in [3.8, 4) is 23.0 Å². The van der Waals surface area contributed by atoms with Gasteiger partial charge in [-0.2, -0.15) is 0 Å². The summed E-state index contributed by atoms with van der Waals surface area (Å²) >= 11 is 0. The van der Waals surface area contributed by atoms with Crippen LogP contribution < -0.4 is 24.4 Å². The summed E-state index contributed by atoms with van der Waals surface area (Å²) in [7, 11) is 1.54. The molecule has 0 spiro atoms. The van der Waals surface area contributed by atoms with E-state index in [4.69, 9.17) is 23.4 Å². The number of carbonyl (C=O) groups is 1. The van der Waals surface area contributed by atoms with Gasteiger partial charge in [-0.05, 0) is 60.0 Å². The van der Waals surface area contributed by atoms with Crippen LogP contribution in [0.2, 0.25) is 0 Å². The Morgan fingerprint density at radius 1 is 0.975 bits per heavy atom. The number of nitrogens with zero attached hydrogens (tertiary/aromatic N) is 1. The summed E-state index contributed by atoms with van der Waals surface area (Å²) in [4.78, 5) is 29.2. The molecular weight excluding hydrogens is 517 g/mol. The van der Waals surface area contributed by atoms with Gasteiger partial charge in [-0.1, -0.05) is 31.9 Å². The lowest BCUT2D eigenvalue weighted by Crippen LogP contribution is -2.29. The number of halogens is 1. The van der Waals surface area contributed by atoms with Crippen LogP contribution in [0, 0.1) is 5.82 Å². The lowest BCUT2D eigenvalue weighted by Gasteiger charge is -2.26. The van der Waals surface area contributed by atoms with E-state index >= 15 is 0 Å². The molecule has 0 fully saturated rings. The quantitative estimate of drug-likeness (QED) is 0.239. The van der Waals surface area contributed by atoms with E-state index in [1.54, 1.807) is 30.2 Å². The monoisotopic (exact) mass is 545 g/mol. The molecule has 2 aliphatic heterocycles. The number of benzene rings is 3. The van der Waals surface area contributed by atoms with Crippen LogP contribution in [0.5, 0.6) is 23.0 Å². The largest absolute Gasteiger partial charge is 0.493 e. The Kier molecular flexibility index (Phi) is 6.79. The fourth-order valence-electron chi connectivity index (χ4n) is 5.25. The lowest BCUT2D eigenvalue weighted by molar-refractivity contribution is 0.0714. The van der Waals surface area contributed by atoms with Crippen molar-refractivity contribution in [2.24, 2.45) is 0 Å². The first-order chi connectivity index (χ1) is 19.5. The van der Waals surface area contributed by atoms with Crippen LogP contribution in [0.3, 0.4) is 0 Å². The number of amides is 1. The molecule has 4 aromatic rings. The van der Waals surface area contributed by atoms with Crippen molar-refractivity contribution in [3.05, 3.63) is 93.1 Å². The third kappa shape index (κ3) is 4.51. The first kappa shape index (κ1) is 25.7. The van der Waals surface area contributed by atoms with Gasteiger partial charge in [0.2, 0.25) is 12.6 Å². The summed E-state index contributed by atoms with van der Waals surface area (Å²) in [6.45, 7) is 2.96. The van der Waals surface area contributed by atoms with Gasteiger partial charge in [-0.15, -0.1) is 0 Å². The maximum atomic E-state index is 14.1. The zero-order valence-electron chi connectivity index (χ0n) is 22.2. The van der Waals surface area contributed by atoms with Gasteiger partial charge in [0, 0.05) is 6.54 Å². The second-order valence-electron chi connectivity index (χ2n) is 9.80. The average Bonchev–Trinajstić information content (AvgIpc) is 3.54. The van der Waals surface area contributed by atoms with Crippen LogP contribution in [0.4, 0.5) is 4.39 Å². The molecule has 3 aromatic carbocycles. The average molecular weight is 546 g/mol. The van der Waals surface area contributed by atoms with Crippen LogP contribution in [-0.4, -0.2) is 31.3 Å². The van der Waals surface area contributed by atoms with Crippen molar-refractivity contribution in [1.82, 2.24) is 4.90 Å². The van der Waals surface area contributed by atoms with Crippen LogP contribution in [0.25, 0.3) is 11.0 Å². The summed E-state index contributed by atoms with van der Waals surface area (Å²) < 4.78 is 42.6. The number of carbonyl (C=O) groups excluding carboxylic acids is 1. The van der Waals surface area contributed by atoms with Crippen LogP contribution in [0.1, 0.15) is 59.5 Å². The molecule has 1 aromatic heterocycles. The molecule has 0 saturated carbocycles. The molecule has 2 aliphatic rings. The molecule has 3 heterocycles. The van der Waals surface area contributed by atoms with Gasteiger partial charge in [0.05, 0.1) is 30.7 Å². The van der Waals surface area contributed by atoms with Crippen molar-refractivity contribution in [1.29, 1.82) is 0 Å². The smallest absolute Gasteiger partial charge is 0.291 e. The molecule has 8 nitrogen and oxygen atoms in total. The van der Waals surface area contributed by atoms with Crippen molar-refractivity contribution in [3.63, 3.8) is 0 Å². The molecule has 40 heavy (non-hydrogen) atoms. The summed E-state index contributed by atoms with van der Waals surface area (Å²) in [5.74, 6) is 1.19. The van der Waals surface area contributed by atoms with Gasteiger partial charge in [0.15, 0.2) is 28.4 Å². The maximum Gasteiger partial charge on any atom is 0.291 e. The number of rotatable bonds is 9. The lowest BCUT2D eigenvalue weighted by atomic mass is 9.97. The summed E-state index contributed by atoms with van der Waals surface area (Å²) in [6.07, 6.45) is 3.05. The third-order valence-corrected chi connectivity index (χ3v) is 7.23. The van der Waals surface area contributed by atoms with Gasteiger partial charge in [0.25, 0.3) is 5.91 Å². The van der Waals surface area contributed by atoms with E-state index in [-0.39, 0.29) is 35.6 Å². The topological polar surface area (TPSA) is 87.4 Å². The Balaban J connectivity index is 1.45. The predicted octanol–water partition coefficient (Wildman–Crippen LogP) is 5.98. The number of methoxy groups -OCH3 is 1. The van der Waals surface area contributed by atoms with Crippen molar-refractivity contribution in [2.45, 2.75) is 38.8 Å². The molecule has 0 saturated heterocycles. The highest BCUT2D eigenvalue weighted by atomic mass is 19.1. The normalized spacial score (nSPS) is 15.5. The van der Waals surface area contributed by atoms with Gasteiger partial charge in [-0.3, -0.25) is 9.59 Å². The van der Waals surface area contributed by atoms with E-state index in [0.29, 0.717) is 35.2 Å². The number of hydrogen-bond acceptors (Lipinski definition) is 7. The highest BCUT2D eigenvalue weighted by Gasteiger charge is 2.43. The van der Waals surface area contributed by atoms with Crippen molar-refractivity contribution in [2.75, 3.05) is 20.5 Å². The number of fused-ring (bicyclic) bond motifs is 3. The molecule has 6 rings (SSSR count). The minimum atomic E-state index is -0.806. The number of unbranched alkanes of at least 4 members (excludes halogenated alkanes) is 2. The Labute approximate surface area is 229 Å². The van der Waals surface area contributed by atoms with Gasteiger partial charge in [-0.25, -0.2) is 4.39 Å². The van der Waals surface area contributed by atoms with Crippen LogP contribution in [0.15, 0.2) is 63.8 Å². The predicted molar refractivity (Wildman–Crippen MR) is 145 cm³/mol. The summed E-state index contributed by atoms with van der Waals surface area (Å²) in [6, 6.07) is 13.7. The summed E-state index contributed by atoms with van der Waals surface area (Å²) in [5, 5.41) is 0.0734. The fraction of sp³-hybridized carbons (Fsp3) is 0.290. The highest BCUT2D eigenvalue weighted by Crippen LogP contribution is 2.42. The number of ether oxygens (including phenoxy) is 4.